The Labute approximate surface area is 91.5 Å². The molecule has 15 heavy (non-hydrogen) atoms. The van der Waals surface area contributed by atoms with E-state index in [0.717, 1.165) is 7.11 Å². The van der Waals surface area contributed by atoms with Crippen LogP contribution in [0, 0.1) is 0 Å². The predicted octanol–water partition coefficient (Wildman–Crippen LogP) is -0.619. The normalized spacial score (nSPS) is 15.3. The minimum atomic E-state index is -4.16. The first-order valence-electron chi connectivity index (χ1n) is 4.09. The molecule has 9 heteroatoms. The van der Waals surface area contributed by atoms with Crippen LogP contribution in [0.1, 0.15) is 6.92 Å². The SMILES string of the molecule is CNC(C)C(N)C[PH+]=O.COS(=O)(=O)O. The summed E-state index contributed by atoms with van der Waals surface area (Å²) >= 11 is 0. The van der Waals surface area contributed by atoms with Gasteiger partial charge < -0.3 is 11.1 Å². The fraction of sp³-hybridized carbons (Fsp3) is 1.00. The Kier molecular flexibility index (Phi) is 10.5. The average Bonchev–Trinajstić information content (AvgIpc) is 2.17. The lowest BCUT2D eigenvalue weighted by atomic mass is 10.2. The Hall–Kier alpha value is -0.110. The molecule has 3 unspecified atom stereocenters. The van der Waals surface area contributed by atoms with Gasteiger partial charge >= 0.3 is 18.9 Å². The fourth-order valence-electron chi connectivity index (χ4n) is 0.487. The Bertz CT molecular complexity index is 258. The summed E-state index contributed by atoms with van der Waals surface area (Å²) in [4.78, 5) is 0. The molecular weight excluding hydrogens is 243 g/mol. The first kappa shape index (κ1) is 17.3. The minimum Gasteiger partial charge on any atom is -0.323 e. The van der Waals surface area contributed by atoms with Gasteiger partial charge in [0, 0.05) is 6.04 Å². The molecule has 3 atom stereocenters. The molecule has 0 spiro atoms. The zero-order valence-corrected chi connectivity index (χ0v) is 10.7. The van der Waals surface area contributed by atoms with Gasteiger partial charge in [-0.15, -0.1) is 0 Å². The van der Waals surface area contributed by atoms with Gasteiger partial charge in [-0.05, 0) is 14.0 Å². The molecule has 0 aliphatic rings. The van der Waals surface area contributed by atoms with Crippen LogP contribution in [-0.4, -0.2) is 45.4 Å². The molecule has 0 aliphatic heterocycles. The van der Waals surface area contributed by atoms with E-state index >= 15 is 0 Å². The van der Waals surface area contributed by atoms with Gasteiger partial charge in [0.2, 0.25) is 0 Å². The third-order valence-electron chi connectivity index (χ3n) is 1.63. The summed E-state index contributed by atoms with van der Waals surface area (Å²) < 4.78 is 39.8. The summed E-state index contributed by atoms with van der Waals surface area (Å²) in [5, 5.41) is 2.99. The summed E-state index contributed by atoms with van der Waals surface area (Å²) in [6.07, 6.45) is 0.585. The fourth-order valence-corrected chi connectivity index (χ4v) is 1.03. The Balaban J connectivity index is 0. The molecule has 0 saturated heterocycles. The van der Waals surface area contributed by atoms with E-state index in [9.17, 15) is 13.0 Å². The van der Waals surface area contributed by atoms with Gasteiger partial charge in [0.05, 0.1) is 13.2 Å². The van der Waals surface area contributed by atoms with Gasteiger partial charge in [-0.1, -0.05) is 4.57 Å². The summed E-state index contributed by atoms with van der Waals surface area (Å²) in [6.45, 7) is 1.98. The smallest absolute Gasteiger partial charge is 0.323 e. The van der Waals surface area contributed by atoms with Gasteiger partial charge in [0.15, 0.2) is 6.16 Å². The minimum absolute atomic E-state index is 0.0193. The van der Waals surface area contributed by atoms with Crippen molar-refractivity contribution >= 4 is 18.9 Å². The van der Waals surface area contributed by atoms with E-state index in [4.69, 9.17) is 10.3 Å². The van der Waals surface area contributed by atoms with Gasteiger partial charge in [0.1, 0.15) is 0 Å². The van der Waals surface area contributed by atoms with Crippen molar-refractivity contribution in [1.82, 2.24) is 5.32 Å². The van der Waals surface area contributed by atoms with Crippen LogP contribution in [0.15, 0.2) is 0 Å². The van der Waals surface area contributed by atoms with E-state index in [1.165, 1.54) is 0 Å². The molecule has 0 radical (unpaired) electrons. The first-order valence-corrected chi connectivity index (χ1v) is 6.57. The van der Waals surface area contributed by atoms with Crippen LogP contribution in [0.5, 0.6) is 0 Å². The van der Waals surface area contributed by atoms with Crippen LogP contribution >= 0.6 is 8.46 Å². The number of nitrogens with two attached hydrogens (primary N) is 1. The Morgan fingerprint density at radius 2 is 2.00 bits per heavy atom. The topological polar surface area (TPSA) is 119 Å². The van der Waals surface area contributed by atoms with Gasteiger partial charge in [-0.3, -0.25) is 8.74 Å². The molecule has 7 nitrogen and oxygen atoms in total. The maximum absolute atomic E-state index is 10.1. The molecule has 0 amide bonds. The number of hydrogen-bond acceptors (Lipinski definition) is 6. The highest BCUT2D eigenvalue weighted by molar-refractivity contribution is 7.80. The van der Waals surface area contributed by atoms with Crippen molar-refractivity contribution in [3.8, 4) is 0 Å². The van der Waals surface area contributed by atoms with Crippen LogP contribution in [0.25, 0.3) is 0 Å². The van der Waals surface area contributed by atoms with Crippen LogP contribution in [0.3, 0.4) is 0 Å². The highest BCUT2D eigenvalue weighted by Gasteiger charge is 2.12. The van der Waals surface area contributed by atoms with Crippen molar-refractivity contribution in [1.29, 1.82) is 0 Å². The van der Waals surface area contributed by atoms with Crippen molar-refractivity contribution in [3.63, 3.8) is 0 Å². The zero-order chi connectivity index (χ0) is 12.5. The first-order chi connectivity index (χ1) is 6.78. The van der Waals surface area contributed by atoms with Crippen molar-refractivity contribution in [3.05, 3.63) is 0 Å². The molecule has 0 fully saturated rings. The molecule has 0 heterocycles. The van der Waals surface area contributed by atoms with E-state index in [2.05, 4.69) is 9.50 Å². The van der Waals surface area contributed by atoms with Crippen molar-refractivity contribution in [2.24, 2.45) is 5.73 Å². The maximum Gasteiger partial charge on any atom is 0.397 e. The lowest BCUT2D eigenvalue weighted by Crippen LogP contribution is -2.42. The van der Waals surface area contributed by atoms with E-state index in [1.54, 1.807) is 0 Å². The largest absolute Gasteiger partial charge is 0.397 e. The number of likely N-dealkylation sites (N-methyl/N-ethyl adjacent to an activating group) is 1. The molecule has 0 bridgehead atoms. The van der Waals surface area contributed by atoms with Crippen molar-refractivity contribution < 1.29 is 21.7 Å². The van der Waals surface area contributed by atoms with Gasteiger partial charge in [0.25, 0.3) is 0 Å². The summed E-state index contributed by atoms with van der Waals surface area (Å²) in [5.41, 5.74) is 5.58. The monoisotopic (exact) mass is 261 g/mol. The lowest BCUT2D eigenvalue weighted by molar-refractivity contribution is 0.324. The van der Waals surface area contributed by atoms with E-state index < -0.39 is 10.4 Å². The standard InChI is InChI=1S/C5H13N2OP.CH4O4S/c1-4(7-2)5(6)3-9-8;1-5-6(2,3)4/h4-5,7H,3,6H2,1-2H3;1H3,(H,2,3,4)/p+1. The van der Waals surface area contributed by atoms with Crippen molar-refractivity contribution in [2.75, 3.05) is 20.3 Å². The molecule has 0 aromatic heterocycles. The number of rotatable bonds is 5. The summed E-state index contributed by atoms with van der Waals surface area (Å²) in [5.74, 6) is 0. The third kappa shape index (κ3) is 13.9. The second-order valence-electron chi connectivity index (χ2n) is 2.68. The van der Waals surface area contributed by atoms with Crippen molar-refractivity contribution in [2.45, 2.75) is 19.0 Å². The quantitative estimate of drug-likeness (QED) is 0.445. The zero-order valence-electron chi connectivity index (χ0n) is 8.93. The molecule has 92 valence electrons. The van der Waals surface area contributed by atoms with Gasteiger partial charge in [-0.25, -0.2) is 0 Å². The van der Waals surface area contributed by atoms with Crippen LogP contribution in [0.4, 0.5) is 0 Å². The van der Waals surface area contributed by atoms with E-state index in [0.29, 0.717) is 6.16 Å². The molecule has 0 aliphatic carbocycles. The molecular formula is C6H18N2O5PS+. The third-order valence-corrected chi connectivity index (χ3v) is 2.69. The van der Waals surface area contributed by atoms with E-state index in [1.807, 2.05) is 14.0 Å². The van der Waals surface area contributed by atoms with E-state index in [-0.39, 0.29) is 20.5 Å². The second-order valence-corrected chi connectivity index (χ2v) is 4.57. The highest BCUT2D eigenvalue weighted by Crippen LogP contribution is 1.97. The average molecular weight is 261 g/mol. The van der Waals surface area contributed by atoms with Crippen LogP contribution in [0.2, 0.25) is 0 Å². The Morgan fingerprint density at radius 1 is 1.60 bits per heavy atom. The molecule has 0 aromatic rings. The molecule has 0 saturated carbocycles. The Morgan fingerprint density at radius 3 is 2.20 bits per heavy atom. The van der Waals surface area contributed by atoms with Gasteiger partial charge in [-0.2, -0.15) is 8.42 Å². The predicted molar refractivity (Wildman–Crippen MR) is 58.9 cm³/mol. The number of hydrogen-bond donors (Lipinski definition) is 3. The second kappa shape index (κ2) is 9.14. The number of nitrogens with one attached hydrogen (secondary N) is 1. The van der Waals surface area contributed by atoms with Crippen LogP contribution < -0.4 is 11.1 Å². The molecule has 0 rings (SSSR count). The van der Waals surface area contributed by atoms with Crippen LogP contribution in [-0.2, 0) is 19.1 Å². The molecule has 0 aromatic carbocycles. The summed E-state index contributed by atoms with van der Waals surface area (Å²) in [6, 6.07) is 0.275. The maximum atomic E-state index is 10.1. The highest BCUT2D eigenvalue weighted by atomic mass is 32.3. The summed E-state index contributed by atoms with van der Waals surface area (Å²) in [7, 11) is -1.73. The lowest BCUT2D eigenvalue weighted by Gasteiger charge is -2.12. The molecule has 4 N–H and O–H groups in total.